The van der Waals surface area contributed by atoms with Gasteiger partial charge in [-0.3, -0.25) is 14.2 Å². The van der Waals surface area contributed by atoms with Crippen LogP contribution < -0.4 is 10.2 Å². The van der Waals surface area contributed by atoms with E-state index in [2.05, 4.69) is 111 Å². The Morgan fingerprint density at radius 2 is 0.821 bits per heavy atom. The van der Waals surface area contributed by atoms with Crippen molar-refractivity contribution in [3.63, 3.8) is 0 Å². The van der Waals surface area contributed by atoms with Crippen LogP contribution >= 0.6 is 7.82 Å². The molecule has 3 atom stereocenters. The average molecular weight is 1110 g/mol. The fourth-order valence-electron chi connectivity index (χ4n) is 8.81. The predicted molar refractivity (Wildman–Crippen MR) is 334 cm³/mol. The molecule has 0 rings (SSSR count). The van der Waals surface area contributed by atoms with Gasteiger partial charge in [0, 0.05) is 12.8 Å². The highest BCUT2D eigenvalue weighted by atomic mass is 31.2. The normalized spacial score (nSPS) is 14.3. The number of unbranched alkanes of at least 4 members (excludes halogenated alkanes) is 27. The standard InChI is InChI=1S/C68H121N2O7P/c1-7-10-13-16-19-22-25-28-30-31-32-33-34-35-36-37-38-39-40-43-46-49-52-55-58-61-68(72)77-66(59-56-53-50-47-44-41-27-24-21-18-15-12-9-3)65(64-76-78(73,74)75-63-62-70(4,5)6)69-67(71)60-57-54-51-48-45-42-29-26-23-20-17-14-11-8-2/h11,14,19-20,22-23,28-30,32-33,35-36,42,56,59,65-66H,7-10,12-13,15-18,21,24-27,31,34,37-41,43-55,57-58,60-64H2,1-6H3,(H-,69,71,73,74)/b14-11+,22-19-,23-20+,30-28-,33-32-,36-35-,42-29+,59-56-. The van der Waals surface area contributed by atoms with E-state index >= 15 is 0 Å². The Morgan fingerprint density at radius 1 is 0.462 bits per heavy atom. The summed E-state index contributed by atoms with van der Waals surface area (Å²) in [7, 11) is 1.16. The van der Waals surface area contributed by atoms with Gasteiger partial charge in [-0.25, -0.2) is 0 Å². The van der Waals surface area contributed by atoms with Gasteiger partial charge < -0.3 is 28.5 Å². The van der Waals surface area contributed by atoms with E-state index in [4.69, 9.17) is 13.8 Å². The number of phosphoric ester groups is 1. The van der Waals surface area contributed by atoms with E-state index in [0.29, 0.717) is 17.4 Å². The highest BCUT2D eigenvalue weighted by Crippen LogP contribution is 2.38. The Balaban J connectivity index is 5.21. The van der Waals surface area contributed by atoms with Crippen LogP contribution in [0.1, 0.15) is 271 Å². The maximum Gasteiger partial charge on any atom is 0.306 e. The first kappa shape index (κ1) is 74.9. The minimum atomic E-state index is -4.71. The van der Waals surface area contributed by atoms with Gasteiger partial charge in [0.15, 0.2) is 0 Å². The Labute approximate surface area is 481 Å². The number of rotatable bonds is 57. The van der Waals surface area contributed by atoms with Crippen LogP contribution in [0, 0.1) is 0 Å². The zero-order valence-corrected chi connectivity index (χ0v) is 52.2. The molecule has 0 aliphatic rings. The molecule has 0 bridgehead atoms. The lowest BCUT2D eigenvalue weighted by molar-refractivity contribution is -0.870. The fraction of sp³-hybridized carbons (Fsp3) is 0.735. The summed E-state index contributed by atoms with van der Waals surface area (Å²) in [6.45, 7) is 6.68. The Morgan fingerprint density at radius 3 is 1.26 bits per heavy atom. The zero-order valence-electron chi connectivity index (χ0n) is 51.3. The van der Waals surface area contributed by atoms with Crippen molar-refractivity contribution in [3.8, 4) is 0 Å². The summed E-state index contributed by atoms with van der Waals surface area (Å²) >= 11 is 0. The molecule has 0 aromatic carbocycles. The van der Waals surface area contributed by atoms with Gasteiger partial charge in [-0.2, -0.15) is 0 Å². The predicted octanol–water partition coefficient (Wildman–Crippen LogP) is 19.3. The number of likely N-dealkylation sites (N-methyl/N-ethyl adjacent to an activating group) is 1. The lowest BCUT2D eigenvalue weighted by Crippen LogP contribution is -2.47. The molecular formula is C68H121N2O7P. The van der Waals surface area contributed by atoms with Gasteiger partial charge in [0.05, 0.1) is 33.8 Å². The van der Waals surface area contributed by atoms with E-state index in [1.54, 1.807) is 0 Å². The van der Waals surface area contributed by atoms with Crippen LogP contribution in [-0.4, -0.2) is 69.4 Å². The molecule has 78 heavy (non-hydrogen) atoms. The summed E-state index contributed by atoms with van der Waals surface area (Å²) in [5, 5.41) is 3.01. The first-order valence-corrected chi connectivity index (χ1v) is 33.5. The summed E-state index contributed by atoms with van der Waals surface area (Å²) in [5.74, 6) is -0.575. The van der Waals surface area contributed by atoms with Crippen LogP contribution in [0.3, 0.4) is 0 Å². The van der Waals surface area contributed by atoms with E-state index in [9.17, 15) is 19.0 Å². The second-order valence-corrected chi connectivity index (χ2v) is 23.9. The molecule has 0 radical (unpaired) electrons. The lowest BCUT2D eigenvalue weighted by Gasteiger charge is -2.30. The first-order valence-electron chi connectivity index (χ1n) is 32.0. The summed E-state index contributed by atoms with van der Waals surface area (Å²) in [5.41, 5.74) is 0. The average Bonchev–Trinajstić information content (AvgIpc) is 3.40. The largest absolute Gasteiger partial charge is 0.756 e. The number of nitrogens with zero attached hydrogens (tertiary/aromatic N) is 1. The Bertz CT molecular complexity index is 1660. The molecule has 0 spiro atoms. The van der Waals surface area contributed by atoms with Gasteiger partial charge in [-0.1, -0.05) is 247 Å². The van der Waals surface area contributed by atoms with Crippen molar-refractivity contribution in [2.45, 2.75) is 283 Å². The van der Waals surface area contributed by atoms with Crippen molar-refractivity contribution < 1.29 is 37.3 Å². The molecule has 0 aromatic heterocycles. The number of ether oxygens (including phenoxy) is 1. The molecule has 450 valence electrons. The van der Waals surface area contributed by atoms with Crippen molar-refractivity contribution in [3.05, 3.63) is 97.2 Å². The van der Waals surface area contributed by atoms with Crippen LogP contribution in [0.25, 0.3) is 0 Å². The molecule has 1 amide bonds. The van der Waals surface area contributed by atoms with Crippen molar-refractivity contribution in [2.24, 2.45) is 0 Å². The Kier molecular flexibility index (Phi) is 54.9. The number of esters is 1. The summed E-state index contributed by atoms with van der Waals surface area (Å²) in [6.07, 6.45) is 76.6. The van der Waals surface area contributed by atoms with Crippen molar-refractivity contribution in [1.29, 1.82) is 0 Å². The Hall–Kier alpha value is -3.07. The van der Waals surface area contributed by atoms with Crippen molar-refractivity contribution in [1.82, 2.24) is 5.32 Å². The molecule has 0 aliphatic carbocycles. The van der Waals surface area contributed by atoms with Crippen LogP contribution in [0.4, 0.5) is 0 Å². The molecule has 1 N–H and O–H groups in total. The third-order valence-electron chi connectivity index (χ3n) is 13.7. The summed E-state index contributed by atoms with van der Waals surface area (Å²) in [4.78, 5) is 40.0. The van der Waals surface area contributed by atoms with Gasteiger partial charge in [-0.05, 0) is 109 Å². The third kappa shape index (κ3) is 57.6. The molecule has 0 aliphatic heterocycles. The quantitative estimate of drug-likeness (QED) is 0.0212. The van der Waals surface area contributed by atoms with Crippen molar-refractivity contribution >= 4 is 19.7 Å². The van der Waals surface area contributed by atoms with E-state index in [-0.39, 0.29) is 31.3 Å². The van der Waals surface area contributed by atoms with E-state index in [1.165, 1.54) is 116 Å². The minimum Gasteiger partial charge on any atom is -0.756 e. The van der Waals surface area contributed by atoms with E-state index in [0.717, 1.165) is 116 Å². The lowest BCUT2D eigenvalue weighted by atomic mass is 10.0. The van der Waals surface area contributed by atoms with Crippen LogP contribution in [-0.2, 0) is 27.9 Å². The van der Waals surface area contributed by atoms with Gasteiger partial charge in [-0.15, -0.1) is 0 Å². The number of nitrogens with one attached hydrogen (secondary N) is 1. The smallest absolute Gasteiger partial charge is 0.306 e. The number of hydrogen-bond acceptors (Lipinski definition) is 7. The van der Waals surface area contributed by atoms with Gasteiger partial charge in [0.1, 0.15) is 19.3 Å². The molecule has 0 saturated heterocycles. The summed E-state index contributed by atoms with van der Waals surface area (Å²) in [6, 6.07) is -0.908. The topological polar surface area (TPSA) is 114 Å². The van der Waals surface area contributed by atoms with Gasteiger partial charge in [0.25, 0.3) is 7.82 Å². The first-order chi connectivity index (χ1) is 37.9. The molecule has 3 unspecified atom stereocenters. The number of amides is 1. The number of hydrogen-bond donors (Lipinski definition) is 1. The molecule has 0 heterocycles. The molecule has 0 aromatic rings. The fourth-order valence-corrected chi connectivity index (χ4v) is 9.54. The molecule has 0 fully saturated rings. The number of allylic oxidation sites excluding steroid dienone is 15. The molecule has 0 saturated carbocycles. The maximum atomic E-state index is 13.5. The second-order valence-electron chi connectivity index (χ2n) is 22.5. The molecular weight excluding hydrogens is 988 g/mol. The monoisotopic (exact) mass is 1110 g/mol. The van der Waals surface area contributed by atoms with Crippen LogP contribution in [0.2, 0.25) is 0 Å². The SMILES string of the molecule is CC/C=C/C/C=C/C/C=C/CCCCCCC(=O)NC(COP(=O)([O-])OCC[N+](C)(C)C)C(/C=C\CCCCCCCCCCCCC)OC(=O)CCCCCCCCCCC/C=C\C/C=C\C/C=C\C/C=C\CCCCC. The maximum absolute atomic E-state index is 13.5. The molecule has 10 heteroatoms. The molecule has 9 nitrogen and oxygen atoms in total. The van der Waals surface area contributed by atoms with Gasteiger partial charge >= 0.3 is 5.97 Å². The third-order valence-corrected chi connectivity index (χ3v) is 14.7. The minimum absolute atomic E-state index is 0.0321. The highest BCUT2D eigenvalue weighted by Gasteiger charge is 2.27. The summed E-state index contributed by atoms with van der Waals surface area (Å²) < 4.78 is 30.3. The number of carbonyl (C=O) groups is 2. The zero-order chi connectivity index (χ0) is 57.2. The van der Waals surface area contributed by atoms with Gasteiger partial charge in [0.2, 0.25) is 5.91 Å². The number of quaternary nitrogens is 1. The van der Waals surface area contributed by atoms with Crippen LogP contribution in [0.15, 0.2) is 97.2 Å². The van der Waals surface area contributed by atoms with E-state index < -0.39 is 26.6 Å². The van der Waals surface area contributed by atoms with Crippen molar-refractivity contribution in [2.75, 3.05) is 40.9 Å². The highest BCUT2D eigenvalue weighted by molar-refractivity contribution is 7.45. The van der Waals surface area contributed by atoms with E-state index in [1.807, 2.05) is 33.3 Å². The number of carbonyl (C=O) groups excluding carboxylic acids is 2. The second kappa shape index (κ2) is 57.2. The van der Waals surface area contributed by atoms with Crippen LogP contribution in [0.5, 0.6) is 0 Å². The number of phosphoric acid groups is 1.